The van der Waals surface area contributed by atoms with Gasteiger partial charge in [-0.2, -0.15) is 0 Å². The lowest BCUT2D eigenvalue weighted by Crippen LogP contribution is -2.48. The molecule has 0 saturated carbocycles. The number of nitrogens with two attached hydrogens (primary N) is 1. The van der Waals surface area contributed by atoms with Crippen LogP contribution >= 0.6 is 12.2 Å². The van der Waals surface area contributed by atoms with Crippen molar-refractivity contribution in [3.8, 4) is 0 Å². The van der Waals surface area contributed by atoms with Gasteiger partial charge in [-0.3, -0.25) is 9.80 Å². The van der Waals surface area contributed by atoms with Crippen molar-refractivity contribution in [2.45, 2.75) is 20.0 Å². The number of fused-ring (bicyclic) bond motifs is 1. The third-order valence-corrected chi connectivity index (χ3v) is 4.95. The van der Waals surface area contributed by atoms with Crippen LogP contribution < -0.4 is 11.1 Å². The molecule has 1 aliphatic rings. The smallest absolute Gasteiger partial charge is 0.163 e. The van der Waals surface area contributed by atoms with Crippen molar-refractivity contribution in [2.75, 3.05) is 52.5 Å². The molecule has 0 spiro atoms. The number of nitrogens with zero attached hydrogens (tertiary/aromatic N) is 5. The van der Waals surface area contributed by atoms with Crippen LogP contribution in [0.3, 0.4) is 0 Å². The molecular weight excluding hydrogens is 362 g/mol. The number of thiocarbonyl (C=S) groups is 1. The van der Waals surface area contributed by atoms with Crippen LogP contribution in [0.5, 0.6) is 0 Å². The maximum Gasteiger partial charge on any atom is 0.163 e. The summed E-state index contributed by atoms with van der Waals surface area (Å²) in [5, 5.41) is 3.38. The number of ether oxygens (including phenoxy) is 1. The van der Waals surface area contributed by atoms with Crippen LogP contribution in [0.4, 0.5) is 0 Å². The average Bonchev–Trinajstić information content (AvgIpc) is 3.00. The molecule has 3 N–H and O–H groups in total. The minimum atomic E-state index is 0.369. The van der Waals surface area contributed by atoms with Gasteiger partial charge in [-0.05, 0) is 31.3 Å². The van der Waals surface area contributed by atoms with E-state index >= 15 is 0 Å². The van der Waals surface area contributed by atoms with Gasteiger partial charge in [0.15, 0.2) is 10.8 Å². The Morgan fingerprint density at radius 2 is 2.04 bits per heavy atom. The molecule has 3 rings (SSSR count). The summed E-state index contributed by atoms with van der Waals surface area (Å²) < 4.78 is 7.75. The topological polar surface area (TPSA) is 84.5 Å². The van der Waals surface area contributed by atoms with Gasteiger partial charge in [0, 0.05) is 58.6 Å². The van der Waals surface area contributed by atoms with Gasteiger partial charge >= 0.3 is 0 Å². The van der Waals surface area contributed by atoms with Crippen molar-refractivity contribution in [3.63, 3.8) is 0 Å². The summed E-state index contributed by atoms with van der Waals surface area (Å²) in [6.45, 7) is 10.9. The van der Waals surface area contributed by atoms with E-state index in [4.69, 9.17) is 27.7 Å². The first kappa shape index (κ1) is 19.9. The molecule has 2 aromatic rings. The van der Waals surface area contributed by atoms with E-state index in [-0.39, 0.29) is 0 Å². The van der Waals surface area contributed by atoms with Crippen molar-refractivity contribution in [2.24, 2.45) is 5.73 Å². The number of pyridine rings is 1. The zero-order valence-corrected chi connectivity index (χ0v) is 16.7. The Morgan fingerprint density at radius 1 is 1.26 bits per heavy atom. The molecule has 0 atom stereocenters. The predicted octanol–water partition coefficient (Wildman–Crippen LogP) is 0.419. The molecule has 0 bridgehead atoms. The molecule has 2 aromatic heterocycles. The third-order valence-electron chi connectivity index (χ3n) is 4.80. The number of aromatic nitrogens is 3. The Labute approximate surface area is 165 Å². The number of rotatable bonds is 9. The van der Waals surface area contributed by atoms with Gasteiger partial charge in [0.05, 0.1) is 13.2 Å². The number of nitrogens with one attached hydrogen (secondary N) is 1. The van der Waals surface area contributed by atoms with Gasteiger partial charge in [0.1, 0.15) is 11.3 Å². The average molecular weight is 392 g/mol. The molecule has 9 heteroatoms. The van der Waals surface area contributed by atoms with E-state index in [1.807, 2.05) is 25.3 Å². The van der Waals surface area contributed by atoms with Gasteiger partial charge in [-0.15, -0.1) is 0 Å². The summed E-state index contributed by atoms with van der Waals surface area (Å²) in [7, 11) is 0. The third kappa shape index (κ3) is 5.58. The van der Waals surface area contributed by atoms with Gasteiger partial charge < -0.3 is 20.4 Å². The summed E-state index contributed by atoms with van der Waals surface area (Å²) in [6, 6.07) is 3.96. The maximum absolute atomic E-state index is 5.55. The van der Waals surface area contributed by atoms with Gasteiger partial charge in [0.2, 0.25) is 0 Å². The molecule has 0 aromatic carbocycles. The largest absolute Gasteiger partial charge is 0.380 e. The highest BCUT2D eigenvalue weighted by atomic mass is 32.1. The summed E-state index contributed by atoms with van der Waals surface area (Å²) in [4.78, 5) is 14.2. The Bertz CT molecular complexity index is 742. The van der Waals surface area contributed by atoms with Crippen molar-refractivity contribution in [1.29, 1.82) is 0 Å². The van der Waals surface area contributed by atoms with Crippen molar-refractivity contribution in [3.05, 3.63) is 24.2 Å². The first-order valence-corrected chi connectivity index (χ1v) is 9.94. The van der Waals surface area contributed by atoms with Gasteiger partial charge in [-0.1, -0.05) is 0 Å². The molecule has 0 aliphatic carbocycles. The van der Waals surface area contributed by atoms with E-state index in [1.54, 1.807) is 0 Å². The van der Waals surface area contributed by atoms with Crippen LogP contribution in [0.2, 0.25) is 0 Å². The molecule has 8 nitrogen and oxygen atoms in total. The van der Waals surface area contributed by atoms with E-state index in [0.717, 1.165) is 76.0 Å². The molecule has 0 amide bonds. The zero-order valence-electron chi connectivity index (χ0n) is 15.9. The number of piperazine rings is 1. The van der Waals surface area contributed by atoms with Crippen LogP contribution in [0.15, 0.2) is 18.3 Å². The summed E-state index contributed by atoms with van der Waals surface area (Å²) in [5.41, 5.74) is 7.37. The highest BCUT2D eigenvalue weighted by Crippen LogP contribution is 2.16. The van der Waals surface area contributed by atoms with Crippen LogP contribution in [0.25, 0.3) is 11.2 Å². The highest BCUT2D eigenvalue weighted by molar-refractivity contribution is 7.80. The lowest BCUT2D eigenvalue weighted by atomic mass is 10.3. The molecule has 148 valence electrons. The SMILES string of the molecule is CCOCCn1c(CN2CCN(CCNC(N)=S)CC2)nc2cccnc21. The minimum Gasteiger partial charge on any atom is -0.380 e. The first-order chi connectivity index (χ1) is 13.2. The quantitative estimate of drug-likeness (QED) is 0.470. The van der Waals surface area contributed by atoms with Crippen molar-refractivity contribution < 1.29 is 4.74 Å². The number of imidazole rings is 1. The summed E-state index contributed by atoms with van der Waals surface area (Å²) in [5.74, 6) is 1.06. The molecular formula is C18H29N7OS. The lowest BCUT2D eigenvalue weighted by Gasteiger charge is -2.34. The Hall–Kier alpha value is -1.81. The number of hydrogen-bond donors (Lipinski definition) is 2. The van der Waals surface area contributed by atoms with Crippen LogP contribution in [0.1, 0.15) is 12.7 Å². The Kier molecular flexibility index (Phi) is 7.33. The standard InChI is InChI=1S/C18H29N7OS/c1-2-26-13-12-25-16(22-15-4-3-5-20-17(15)25)14-24-10-8-23(9-11-24)7-6-21-18(19)27/h3-5H,2,6-14H2,1H3,(H3,19,21,27). The fourth-order valence-electron chi connectivity index (χ4n) is 3.37. The molecule has 0 radical (unpaired) electrons. The fourth-order valence-corrected chi connectivity index (χ4v) is 3.47. The summed E-state index contributed by atoms with van der Waals surface area (Å²) >= 11 is 4.85. The fraction of sp³-hybridized carbons (Fsp3) is 0.611. The Morgan fingerprint density at radius 3 is 2.78 bits per heavy atom. The summed E-state index contributed by atoms with van der Waals surface area (Å²) in [6.07, 6.45) is 1.82. The zero-order chi connectivity index (χ0) is 19.1. The predicted molar refractivity (Wildman–Crippen MR) is 111 cm³/mol. The maximum atomic E-state index is 5.55. The molecule has 1 saturated heterocycles. The second-order valence-corrected chi connectivity index (χ2v) is 7.07. The molecule has 1 aliphatic heterocycles. The van der Waals surface area contributed by atoms with Gasteiger partial charge in [-0.25, -0.2) is 9.97 Å². The number of hydrogen-bond acceptors (Lipinski definition) is 6. The van der Waals surface area contributed by atoms with E-state index in [9.17, 15) is 0 Å². The Balaban J connectivity index is 1.58. The minimum absolute atomic E-state index is 0.369. The van der Waals surface area contributed by atoms with E-state index in [2.05, 4.69) is 24.7 Å². The van der Waals surface area contributed by atoms with Crippen LogP contribution in [0, 0.1) is 0 Å². The molecule has 0 unspecified atom stereocenters. The van der Waals surface area contributed by atoms with Crippen LogP contribution in [-0.2, 0) is 17.8 Å². The van der Waals surface area contributed by atoms with Crippen molar-refractivity contribution >= 4 is 28.5 Å². The monoisotopic (exact) mass is 391 g/mol. The normalized spacial score (nSPS) is 16.0. The highest BCUT2D eigenvalue weighted by Gasteiger charge is 2.20. The first-order valence-electron chi connectivity index (χ1n) is 9.53. The van der Waals surface area contributed by atoms with E-state index in [1.165, 1.54) is 0 Å². The second-order valence-electron chi connectivity index (χ2n) is 6.63. The molecule has 1 fully saturated rings. The lowest BCUT2D eigenvalue weighted by molar-refractivity contribution is 0.121. The second kappa shape index (κ2) is 9.93. The van der Waals surface area contributed by atoms with Crippen LogP contribution in [-0.4, -0.2) is 81.9 Å². The van der Waals surface area contributed by atoms with E-state index in [0.29, 0.717) is 11.7 Å². The van der Waals surface area contributed by atoms with Crippen molar-refractivity contribution in [1.82, 2.24) is 29.7 Å². The molecule has 3 heterocycles. The van der Waals surface area contributed by atoms with E-state index < -0.39 is 0 Å². The van der Waals surface area contributed by atoms with Gasteiger partial charge in [0.25, 0.3) is 0 Å². The molecule has 27 heavy (non-hydrogen) atoms.